The van der Waals surface area contributed by atoms with Crippen LogP contribution in [0.1, 0.15) is 31.2 Å². The number of benzene rings is 1. The largest absolute Gasteiger partial charge is 0.497 e. The summed E-state index contributed by atoms with van der Waals surface area (Å²) in [5, 5.41) is 0. The van der Waals surface area contributed by atoms with Crippen LogP contribution < -0.4 is 4.74 Å². The zero-order valence-electron chi connectivity index (χ0n) is 10.7. The first kappa shape index (κ1) is 11.5. The van der Waals surface area contributed by atoms with E-state index in [0.29, 0.717) is 17.6 Å². The third-order valence-electron chi connectivity index (χ3n) is 4.26. The standard InChI is InChI=1S/C16H18O2/c1-18-14-8-2-11(3-9-14)10-15-12-4-6-13(7-5-12)16(15)17/h2-3,8-10,12-13H,4-7H2,1H3. The lowest BCUT2D eigenvalue weighted by atomic mass is 9.67. The van der Waals surface area contributed by atoms with Gasteiger partial charge in [-0.3, -0.25) is 4.79 Å². The molecule has 0 heterocycles. The number of carbonyl (C=O) groups is 1. The number of rotatable bonds is 2. The average Bonchev–Trinajstić information content (AvgIpc) is 2.44. The zero-order valence-corrected chi connectivity index (χ0v) is 10.7. The average molecular weight is 242 g/mol. The molecule has 3 fully saturated rings. The summed E-state index contributed by atoms with van der Waals surface area (Å²) in [7, 11) is 1.66. The molecule has 94 valence electrons. The first-order chi connectivity index (χ1) is 8.78. The molecule has 0 amide bonds. The van der Waals surface area contributed by atoms with E-state index < -0.39 is 0 Å². The van der Waals surface area contributed by atoms with Gasteiger partial charge < -0.3 is 4.74 Å². The SMILES string of the molecule is COc1ccc(C=C2C(=O)C3CCC2CC3)cc1. The Kier molecular flexibility index (Phi) is 2.94. The number of ketones is 1. The fraction of sp³-hybridized carbons (Fsp3) is 0.438. The van der Waals surface area contributed by atoms with Crippen LogP contribution in [0.2, 0.25) is 0 Å². The smallest absolute Gasteiger partial charge is 0.162 e. The highest BCUT2D eigenvalue weighted by atomic mass is 16.5. The number of Topliss-reactive ketones (excluding diaryl/α,β-unsaturated/α-hetero) is 1. The molecule has 4 rings (SSSR count). The Hall–Kier alpha value is -1.57. The highest BCUT2D eigenvalue weighted by Crippen LogP contribution is 2.42. The van der Waals surface area contributed by atoms with Gasteiger partial charge in [-0.2, -0.15) is 0 Å². The van der Waals surface area contributed by atoms with Crippen LogP contribution >= 0.6 is 0 Å². The molecule has 1 aromatic rings. The molecule has 3 saturated carbocycles. The third-order valence-corrected chi connectivity index (χ3v) is 4.26. The van der Waals surface area contributed by atoms with Crippen molar-refractivity contribution in [2.75, 3.05) is 7.11 Å². The molecule has 0 N–H and O–H groups in total. The third kappa shape index (κ3) is 1.96. The normalized spacial score (nSPS) is 28.7. The fourth-order valence-corrected chi connectivity index (χ4v) is 3.17. The molecule has 1 aromatic carbocycles. The van der Waals surface area contributed by atoms with E-state index in [1.165, 1.54) is 12.8 Å². The quantitative estimate of drug-likeness (QED) is 0.742. The first-order valence-corrected chi connectivity index (χ1v) is 6.68. The second-order valence-corrected chi connectivity index (χ2v) is 5.29. The van der Waals surface area contributed by atoms with Gasteiger partial charge in [-0.05, 0) is 60.9 Å². The van der Waals surface area contributed by atoms with E-state index >= 15 is 0 Å². The van der Waals surface area contributed by atoms with Crippen LogP contribution in [0.4, 0.5) is 0 Å². The van der Waals surface area contributed by atoms with E-state index in [9.17, 15) is 4.79 Å². The van der Waals surface area contributed by atoms with Crippen LogP contribution in [0.5, 0.6) is 5.75 Å². The number of methoxy groups -OCH3 is 1. The molecule has 0 atom stereocenters. The van der Waals surface area contributed by atoms with E-state index in [2.05, 4.69) is 6.08 Å². The number of allylic oxidation sites excluding steroid dienone is 1. The van der Waals surface area contributed by atoms with Gasteiger partial charge in [-0.15, -0.1) is 0 Å². The van der Waals surface area contributed by atoms with Gasteiger partial charge in [0.15, 0.2) is 5.78 Å². The summed E-state index contributed by atoms with van der Waals surface area (Å²) in [4.78, 5) is 12.2. The van der Waals surface area contributed by atoms with Crippen molar-refractivity contribution in [1.82, 2.24) is 0 Å². The predicted octanol–water partition coefficient (Wildman–Crippen LogP) is 3.47. The topological polar surface area (TPSA) is 26.3 Å². The highest BCUT2D eigenvalue weighted by Gasteiger charge is 2.37. The molecule has 3 aliphatic rings. The molecular weight excluding hydrogens is 224 g/mol. The molecule has 2 heteroatoms. The maximum Gasteiger partial charge on any atom is 0.162 e. The van der Waals surface area contributed by atoms with Crippen LogP contribution in [0.3, 0.4) is 0 Å². The van der Waals surface area contributed by atoms with Crippen molar-refractivity contribution in [3.8, 4) is 5.75 Å². The maximum absolute atomic E-state index is 12.2. The highest BCUT2D eigenvalue weighted by molar-refractivity contribution is 6.03. The minimum absolute atomic E-state index is 0.305. The van der Waals surface area contributed by atoms with Gasteiger partial charge in [0.25, 0.3) is 0 Å². The van der Waals surface area contributed by atoms with E-state index in [0.717, 1.165) is 29.7 Å². The van der Waals surface area contributed by atoms with Crippen LogP contribution in [0.25, 0.3) is 6.08 Å². The number of ether oxygens (including phenoxy) is 1. The van der Waals surface area contributed by atoms with Crippen molar-refractivity contribution >= 4 is 11.9 Å². The molecule has 3 aliphatic carbocycles. The molecule has 2 bridgehead atoms. The summed E-state index contributed by atoms with van der Waals surface area (Å²) in [6.45, 7) is 0. The molecular formula is C16H18O2. The van der Waals surface area contributed by atoms with E-state index in [1.54, 1.807) is 7.11 Å². The lowest BCUT2D eigenvalue weighted by Crippen LogP contribution is -2.33. The Morgan fingerprint density at radius 3 is 2.22 bits per heavy atom. The Morgan fingerprint density at radius 1 is 1.06 bits per heavy atom. The van der Waals surface area contributed by atoms with E-state index in [4.69, 9.17) is 4.74 Å². The number of carbonyl (C=O) groups excluding carboxylic acids is 1. The van der Waals surface area contributed by atoms with Gasteiger partial charge in [0.1, 0.15) is 5.75 Å². The summed E-state index contributed by atoms with van der Waals surface area (Å²) >= 11 is 0. The summed E-state index contributed by atoms with van der Waals surface area (Å²) in [6, 6.07) is 7.92. The Balaban J connectivity index is 1.88. The van der Waals surface area contributed by atoms with Crippen molar-refractivity contribution in [3.63, 3.8) is 0 Å². The monoisotopic (exact) mass is 242 g/mol. The molecule has 0 unspecified atom stereocenters. The summed E-state index contributed by atoms with van der Waals surface area (Å²) in [5.41, 5.74) is 2.16. The van der Waals surface area contributed by atoms with Crippen molar-refractivity contribution in [2.45, 2.75) is 25.7 Å². The lowest BCUT2D eigenvalue weighted by Gasteiger charge is -2.36. The van der Waals surface area contributed by atoms with Gasteiger partial charge in [0, 0.05) is 5.92 Å². The van der Waals surface area contributed by atoms with Crippen LogP contribution in [0.15, 0.2) is 29.8 Å². The van der Waals surface area contributed by atoms with Crippen LogP contribution in [-0.2, 0) is 4.79 Å². The molecule has 0 saturated heterocycles. The van der Waals surface area contributed by atoms with Gasteiger partial charge in [0.2, 0.25) is 0 Å². The predicted molar refractivity (Wildman–Crippen MR) is 71.4 cm³/mol. The fourth-order valence-electron chi connectivity index (χ4n) is 3.17. The first-order valence-electron chi connectivity index (χ1n) is 6.68. The molecule has 0 radical (unpaired) electrons. The zero-order chi connectivity index (χ0) is 12.5. The van der Waals surface area contributed by atoms with E-state index in [1.807, 2.05) is 24.3 Å². The number of hydrogen-bond donors (Lipinski definition) is 0. The lowest BCUT2D eigenvalue weighted by molar-refractivity contribution is -0.123. The molecule has 0 aromatic heterocycles. The van der Waals surface area contributed by atoms with Crippen molar-refractivity contribution in [2.24, 2.45) is 11.8 Å². The van der Waals surface area contributed by atoms with Gasteiger partial charge in [-0.25, -0.2) is 0 Å². The molecule has 18 heavy (non-hydrogen) atoms. The second-order valence-electron chi connectivity index (χ2n) is 5.29. The minimum Gasteiger partial charge on any atom is -0.497 e. The Morgan fingerprint density at radius 2 is 1.67 bits per heavy atom. The van der Waals surface area contributed by atoms with Crippen molar-refractivity contribution in [1.29, 1.82) is 0 Å². The van der Waals surface area contributed by atoms with Gasteiger partial charge >= 0.3 is 0 Å². The Bertz CT molecular complexity index is 476. The second kappa shape index (κ2) is 4.60. The number of fused-ring (bicyclic) bond motifs is 3. The molecule has 2 nitrogen and oxygen atoms in total. The maximum atomic E-state index is 12.2. The summed E-state index contributed by atoms with van der Waals surface area (Å²) in [6.07, 6.45) is 6.67. The summed E-state index contributed by atoms with van der Waals surface area (Å²) in [5.74, 6) is 2.06. The van der Waals surface area contributed by atoms with Crippen LogP contribution in [-0.4, -0.2) is 12.9 Å². The molecule has 0 aliphatic heterocycles. The number of hydrogen-bond acceptors (Lipinski definition) is 2. The Labute approximate surface area is 108 Å². The molecule has 0 spiro atoms. The van der Waals surface area contributed by atoms with E-state index in [-0.39, 0.29) is 0 Å². The summed E-state index contributed by atoms with van der Waals surface area (Å²) < 4.78 is 5.14. The van der Waals surface area contributed by atoms with Crippen LogP contribution in [0, 0.1) is 11.8 Å². The van der Waals surface area contributed by atoms with Gasteiger partial charge in [0.05, 0.1) is 7.11 Å². The minimum atomic E-state index is 0.305. The van der Waals surface area contributed by atoms with Crippen molar-refractivity contribution in [3.05, 3.63) is 35.4 Å². The van der Waals surface area contributed by atoms with Gasteiger partial charge in [-0.1, -0.05) is 12.1 Å². The van der Waals surface area contributed by atoms with Crippen molar-refractivity contribution < 1.29 is 9.53 Å².